The standard InChI is InChI=1S/C9H20S5.C5H12S5.8CH4/c1-2-8(3-10)5-13-6-9(4-11)14-7-12;6-1-5(10-4-8)2-9-3-7;;;;;;;;/h8-12H,2-7H2,1H3;5-8H,1-4H2;8*1H4. The molecule has 32 heavy (non-hydrogen) atoms. The lowest BCUT2D eigenvalue weighted by molar-refractivity contribution is 0.649. The van der Waals surface area contributed by atoms with E-state index in [-0.39, 0.29) is 59.4 Å². The maximum Gasteiger partial charge on any atom is 0.0365 e. The molecular weight excluding hydrogens is 585 g/mol. The van der Waals surface area contributed by atoms with Gasteiger partial charge in [0.2, 0.25) is 0 Å². The summed E-state index contributed by atoms with van der Waals surface area (Å²) in [6, 6.07) is 0. The molecule has 0 fully saturated rings. The number of rotatable bonds is 15. The molecule has 0 saturated heterocycles. The molecule has 0 N–H and O–H groups in total. The Bertz CT molecular complexity index is 233. The average molecular weight is 649 g/mol. The summed E-state index contributed by atoms with van der Waals surface area (Å²) < 4.78 is 0. The van der Waals surface area contributed by atoms with Gasteiger partial charge in [-0.05, 0) is 17.4 Å². The lowest BCUT2D eigenvalue weighted by Crippen LogP contribution is -2.11. The van der Waals surface area contributed by atoms with E-state index >= 15 is 0 Å². The fraction of sp³-hybridized carbons (Fsp3) is 1.00. The molecule has 10 heteroatoms. The average Bonchev–Trinajstić information content (AvgIpc) is 2.61. The smallest absolute Gasteiger partial charge is 0.0365 e. The zero-order chi connectivity index (χ0) is 18.6. The van der Waals surface area contributed by atoms with Crippen molar-refractivity contribution >= 4 is 123 Å². The van der Waals surface area contributed by atoms with Crippen molar-refractivity contribution in [1.82, 2.24) is 0 Å². The molecule has 0 aromatic rings. The van der Waals surface area contributed by atoms with Crippen molar-refractivity contribution in [1.29, 1.82) is 0 Å². The van der Waals surface area contributed by atoms with Gasteiger partial charge in [0.25, 0.3) is 0 Å². The van der Waals surface area contributed by atoms with Gasteiger partial charge in [0.1, 0.15) is 0 Å². The summed E-state index contributed by atoms with van der Waals surface area (Å²) in [7, 11) is 0. The van der Waals surface area contributed by atoms with E-state index in [0.717, 1.165) is 44.2 Å². The molecule has 212 valence electrons. The lowest BCUT2D eigenvalue weighted by Gasteiger charge is -2.15. The maximum absolute atomic E-state index is 4.34. The number of thiol groups is 6. The Morgan fingerprint density at radius 1 is 0.500 bits per heavy atom. The molecule has 3 atom stereocenters. The van der Waals surface area contributed by atoms with E-state index in [0.29, 0.717) is 10.5 Å². The Morgan fingerprint density at radius 3 is 1.12 bits per heavy atom. The van der Waals surface area contributed by atoms with E-state index in [9.17, 15) is 0 Å². The second-order valence-electron chi connectivity index (χ2n) is 4.69. The van der Waals surface area contributed by atoms with Gasteiger partial charge in [-0.15, -0.1) is 23.5 Å². The monoisotopic (exact) mass is 648 g/mol. The fourth-order valence-electron chi connectivity index (χ4n) is 1.37. The summed E-state index contributed by atoms with van der Waals surface area (Å²) in [4.78, 5) is 0. The fourth-order valence-corrected chi connectivity index (χ4v) is 8.42. The molecule has 0 aliphatic rings. The van der Waals surface area contributed by atoms with Gasteiger partial charge >= 0.3 is 0 Å². The zero-order valence-corrected chi connectivity index (χ0v) is 22.8. The zero-order valence-electron chi connectivity index (χ0n) is 14.1. The molecule has 0 rings (SSSR count). The van der Waals surface area contributed by atoms with E-state index in [4.69, 9.17) is 0 Å². The van der Waals surface area contributed by atoms with Crippen molar-refractivity contribution in [2.75, 3.05) is 49.8 Å². The Hall–Kier alpha value is 3.50. The molecular formula is C22H64S10. The van der Waals surface area contributed by atoms with Crippen molar-refractivity contribution in [3.63, 3.8) is 0 Å². The van der Waals surface area contributed by atoms with Crippen LogP contribution in [0.25, 0.3) is 0 Å². The van der Waals surface area contributed by atoms with Crippen LogP contribution in [0.5, 0.6) is 0 Å². The predicted molar refractivity (Wildman–Crippen MR) is 203 cm³/mol. The highest BCUT2D eigenvalue weighted by Gasteiger charge is 2.09. The van der Waals surface area contributed by atoms with Crippen LogP contribution in [0.4, 0.5) is 0 Å². The van der Waals surface area contributed by atoms with Crippen LogP contribution >= 0.6 is 123 Å². The number of hydrogen-bond acceptors (Lipinski definition) is 10. The van der Waals surface area contributed by atoms with Gasteiger partial charge in [-0.2, -0.15) is 99.3 Å². The van der Waals surface area contributed by atoms with E-state index in [2.05, 4.69) is 82.7 Å². The Kier molecular flexibility index (Phi) is 112. The topological polar surface area (TPSA) is 0 Å². The Balaban J connectivity index is -0.0000000311. The van der Waals surface area contributed by atoms with Gasteiger partial charge in [0.05, 0.1) is 0 Å². The molecule has 0 radical (unpaired) electrons. The SMILES string of the molecule is C.C.C.C.C.C.C.C.CCC(CS)CSCC(CS)SCS.SCSCC(CS)SCS. The van der Waals surface area contributed by atoms with Crippen LogP contribution in [0.2, 0.25) is 0 Å². The number of thioether (sulfide) groups is 4. The molecule has 0 aliphatic heterocycles. The lowest BCUT2D eigenvalue weighted by atomic mass is 10.2. The van der Waals surface area contributed by atoms with Crippen LogP contribution in [-0.2, 0) is 0 Å². The largest absolute Gasteiger partial charge is 0.179 e. The minimum absolute atomic E-state index is 0. The van der Waals surface area contributed by atoms with Crippen molar-refractivity contribution in [2.24, 2.45) is 5.92 Å². The van der Waals surface area contributed by atoms with Crippen LogP contribution in [0, 0.1) is 5.92 Å². The molecule has 0 amide bonds. The van der Waals surface area contributed by atoms with Crippen LogP contribution in [0.1, 0.15) is 72.8 Å². The van der Waals surface area contributed by atoms with Crippen LogP contribution in [0.3, 0.4) is 0 Å². The van der Waals surface area contributed by atoms with E-state index in [1.54, 1.807) is 0 Å². The first kappa shape index (κ1) is 65.0. The van der Waals surface area contributed by atoms with Crippen molar-refractivity contribution in [3.05, 3.63) is 0 Å². The molecule has 0 spiro atoms. The first-order chi connectivity index (χ1) is 11.6. The van der Waals surface area contributed by atoms with E-state index < -0.39 is 0 Å². The highest BCUT2D eigenvalue weighted by atomic mass is 32.2. The quantitative estimate of drug-likeness (QED) is 0.0772. The normalized spacial score (nSPS) is 11.0. The second-order valence-corrected chi connectivity index (χ2v) is 12.7. The van der Waals surface area contributed by atoms with Crippen LogP contribution in [-0.4, -0.2) is 60.3 Å². The highest BCUT2D eigenvalue weighted by molar-refractivity contribution is 8.12. The maximum atomic E-state index is 4.34. The minimum atomic E-state index is 0. The molecule has 0 bridgehead atoms. The highest BCUT2D eigenvalue weighted by Crippen LogP contribution is 2.21. The molecule has 0 aliphatic carbocycles. The van der Waals surface area contributed by atoms with Crippen LogP contribution in [0.15, 0.2) is 0 Å². The molecule has 0 aromatic heterocycles. The van der Waals surface area contributed by atoms with Gasteiger partial charge in [0, 0.05) is 48.8 Å². The van der Waals surface area contributed by atoms with Gasteiger partial charge in [-0.1, -0.05) is 72.8 Å². The third kappa shape index (κ3) is 46.8. The first-order valence-electron chi connectivity index (χ1n) is 7.67. The third-order valence-corrected chi connectivity index (χ3v) is 10.7. The first-order valence-corrected chi connectivity index (χ1v) is 15.9. The Labute approximate surface area is 259 Å². The second kappa shape index (κ2) is 55.1. The molecule has 0 nitrogen and oxygen atoms in total. The van der Waals surface area contributed by atoms with E-state index in [1.807, 2.05) is 47.0 Å². The van der Waals surface area contributed by atoms with Gasteiger partial charge in [-0.25, -0.2) is 0 Å². The molecule has 0 aromatic carbocycles. The number of hydrogen-bond donors (Lipinski definition) is 6. The van der Waals surface area contributed by atoms with Crippen molar-refractivity contribution < 1.29 is 0 Å². The van der Waals surface area contributed by atoms with Gasteiger partial charge < -0.3 is 0 Å². The van der Waals surface area contributed by atoms with Gasteiger partial charge in [0.15, 0.2) is 0 Å². The van der Waals surface area contributed by atoms with Crippen molar-refractivity contribution in [3.8, 4) is 0 Å². The predicted octanol–water partition coefficient (Wildman–Crippen LogP) is 11.2. The van der Waals surface area contributed by atoms with Crippen molar-refractivity contribution in [2.45, 2.75) is 83.3 Å². The summed E-state index contributed by atoms with van der Waals surface area (Å²) in [5.41, 5.74) is 0. The molecule has 3 unspecified atom stereocenters. The molecule has 0 saturated carbocycles. The van der Waals surface area contributed by atoms with Gasteiger partial charge in [-0.3, -0.25) is 0 Å². The molecule has 0 heterocycles. The minimum Gasteiger partial charge on any atom is -0.179 e. The summed E-state index contributed by atoms with van der Waals surface area (Å²) in [5.74, 6) is 7.23. The summed E-state index contributed by atoms with van der Waals surface area (Å²) in [5, 5.41) is 3.97. The Morgan fingerprint density at radius 2 is 0.875 bits per heavy atom. The third-order valence-electron chi connectivity index (χ3n) is 2.92. The summed E-state index contributed by atoms with van der Waals surface area (Å²) in [6.45, 7) is 2.24. The van der Waals surface area contributed by atoms with E-state index in [1.165, 1.54) is 17.9 Å². The van der Waals surface area contributed by atoms with Crippen LogP contribution < -0.4 is 0 Å². The summed E-state index contributed by atoms with van der Waals surface area (Å²) in [6.07, 6.45) is 1.24. The summed E-state index contributed by atoms with van der Waals surface area (Å²) >= 11 is 33.0.